The summed E-state index contributed by atoms with van der Waals surface area (Å²) in [5.74, 6) is 0.682. The molecule has 0 spiro atoms. The largest absolute Gasteiger partial charge is 0.456 e. The molecule has 10 aromatic carbocycles. The van der Waals surface area contributed by atoms with Gasteiger partial charge >= 0.3 is 0 Å². The topological polar surface area (TPSA) is 38.9 Å². The highest BCUT2D eigenvalue weighted by atomic mass is 16.3. The van der Waals surface area contributed by atoms with Crippen LogP contribution in [0.3, 0.4) is 0 Å². The summed E-state index contributed by atoms with van der Waals surface area (Å²) in [6, 6.07) is 77.7. The highest BCUT2D eigenvalue weighted by Crippen LogP contribution is 2.42. The Balaban J connectivity index is 0.991. The van der Waals surface area contributed by atoms with Gasteiger partial charge in [-0.1, -0.05) is 176 Å². The average molecular weight is 777 g/mol. The van der Waals surface area contributed by atoms with Crippen molar-refractivity contribution in [2.24, 2.45) is 0 Å². The maximum Gasteiger partial charge on any atom is 0.160 e. The fourth-order valence-corrected chi connectivity index (χ4v) is 9.14. The molecule has 2 aromatic heterocycles. The van der Waals surface area contributed by atoms with Crippen LogP contribution in [0.2, 0.25) is 0 Å². The first-order valence-electron chi connectivity index (χ1n) is 20.7. The van der Waals surface area contributed by atoms with Crippen LogP contribution in [0.25, 0.3) is 122 Å². The Hall–Kier alpha value is -8.14. The molecule has 0 N–H and O–H groups in total. The molecule has 0 amide bonds. The lowest BCUT2D eigenvalue weighted by Crippen LogP contribution is -1.97. The van der Waals surface area contributed by atoms with E-state index in [0.717, 1.165) is 72.3 Å². The van der Waals surface area contributed by atoms with Gasteiger partial charge in [-0.3, -0.25) is 0 Å². The number of aromatic nitrogens is 2. The molecule has 0 atom stereocenters. The van der Waals surface area contributed by atoms with E-state index in [0.29, 0.717) is 5.82 Å². The van der Waals surface area contributed by atoms with Crippen molar-refractivity contribution in [3.05, 3.63) is 218 Å². The molecular weight excluding hydrogens is 741 g/mol. The normalized spacial score (nSPS) is 11.6. The van der Waals surface area contributed by atoms with Gasteiger partial charge in [0.15, 0.2) is 5.82 Å². The summed E-state index contributed by atoms with van der Waals surface area (Å²) in [5.41, 5.74) is 13.4. The van der Waals surface area contributed by atoms with E-state index in [4.69, 9.17) is 14.4 Å². The molecule has 0 saturated carbocycles. The molecule has 3 heteroatoms. The van der Waals surface area contributed by atoms with Crippen LogP contribution in [0.5, 0.6) is 0 Å². The lowest BCUT2D eigenvalue weighted by Gasteiger charge is -2.15. The first-order chi connectivity index (χ1) is 30.2. The van der Waals surface area contributed by atoms with E-state index in [-0.39, 0.29) is 0 Å². The van der Waals surface area contributed by atoms with Crippen molar-refractivity contribution < 1.29 is 4.42 Å². The SMILES string of the molecule is c1ccc(-c2nc(-c3cccc(-c4cccc(-c5c6ccccc6cc6c5ccc5ccccc56)c4)c3)cc(-c3ccccc3-c3ccc4oc5ccccc5c4c3)n2)cc1. The molecule has 0 radical (unpaired) electrons. The molecular formula is C58H36N2O. The summed E-state index contributed by atoms with van der Waals surface area (Å²) in [7, 11) is 0. The first-order valence-corrected chi connectivity index (χ1v) is 20.7. The molecule has 3 nitrogen and oxygen atoms in total. The Morgan fingerprint density at radius 2 is 0.902 bits per heavy atom. The van der Waals surface area contributed by atoms with Crippen LogP contribution in [0.4, 0.5) is 0 Å². The van der Waals surface area contributed by atoms with Crippen molar-refractivity contribution in [1.29, 1.82) is 0 Å². The molecule has 0 aliphatic heterocycles. The molecule has 0 fully saturated rings. The van der Waals surface area contributed by atoms with Crippen LogP contribution < -0.4 is 0 Å². The highest BCUT2D eigenvalue weighted by Gasteiger charge is 2.17. The molecule has 0 saturated heterocycles. The van der Waals surface area contributed by atoms with E-state index >= 15 is 0 Å². The summed E-state index contributed by atoms with van der Waals surface area (Å²) >= 11 is 0. The van der Waals surface area contributed by atoms with Crippen LogP contribution in [0, 0.1) is 0 Å². The maximum atomic E-state index is 6.19. The van der Waals surface area contributed by atoms with E-state index in [2.05, 4.69) is 188 Å². The fourth-order valence-electron chi connectivity index (χ4n) is 9.14. The number of furan rings is 1. The van der Waals surface area contributed by atoms with Crippen LogP contribution in [-0.4, -0.2) is 9.97 Å². The molecule has 0 bridgehead atoms. The molecule has 2 heterocycles. The van der Waals surface area contributed by atoms with Crippen molar-refractivity contribution >= 4 is 54.3 Å². The lowest BCUT2D eigenvalue weighted by atomic mass is 9.88. The van der Waals surface area contributed by atoms with Crippen molar-refractivity contribution in [1.82, 2.24) is 9.97 Å². The van der Waals surface area contributed by atoms with Crippen molar-refractivity contribution in [3.63, 3.8) is 0 Å². The third-order valence-electron chi connectivity index (χ3n) is 12.1. The lowest BCUT2D eigenvalue weighted by molar-refractivity contribution is 0.669. The Labute approximate surface area is 352 Å². The summed E-state index contributed by atoms with van der Waals surface area (Å²) < 4.78 is 6.19. The monoisotopic (exact) mass is 776 g/mol. The Morgan fingerprint density at radius 1 is 0.279 bits per heavy atom. The maximum absolute atomic E-state index is 6.19. The average Bonchev–Trinajstić information content (AvgIpc) is 3.71. The Morgan fingerprint density at radius 3 is 1.75 bits per heavy atom. The van der Waals surface area contributed by atoms with Gasteiger partial charge in [0.05, 0.1) is 11.4 Å². The van der Waals surface area contributed by atoms with E-state index < -0.39 is 0 Å². The molecule has 12 aromatic rings. The standard InChI is InChI=1S/C58H36N2O/c1-2-15-38(16-3-1)58-59-53(36-54(60-58)48-25-9-8-23-46(48)42-29-31-56-52(35-42)49-26-10-11-27-55(49)61-56)43-20-12-18-39(32-43)40-19-13-21-44(33-40)57-47-24-7-5-17-41(47)34-51-45-22-6-4-14-37(45)28-30-50(51)57/h1-36H. The third-order valence-corrected chi connectivity index (χ3v) is 12.1. The van der Waals surface area contributed by atoms with Crippen molar-refractivity contribution in [3.8, 4) is 67.3 Å². The molecule has 61 heavy (non-hydrogen) atoms. The number of para-hydroxylation sites is 1. The highest BCUT2D eigenvalue weighted by molar-refractivity contribution is 6.20. The van der Waals surface area contributed by atoms with Gasteiger partial charge in [-0.2, -0.15) is 0 Å². The first kappa shape index (κ1) is 34.9. The molecule has 0 unspecified atom stereocenters. The van der Waals surface area contributed by atoms with Gasteiger partial charge in [0.25, 0.3) is 0 Å². The van der Waals surface area contributed by atoms with Gasteiger partial charge in [0.1, 0.15) is 11.2 Å². The Bertz CT molecular complexity index is 3660. The number of rotatable bonds is 6. The van der Waals surface area contributed by atoms with Gasteiger partial charge in [-0.25, -0.2) is 9.97 Å². The predicted octanol–water partition coefficient (Wildman–Crippen LogP) is 15.8. The van der Waals surface area contributed by atoms with E-state index in [1.54, 1.807) is 0 Å². The second kappa shape index (κ2) is 14.3. The predicted molar refractivity (Wildman–Crippen MR) is 254 cm³/mol. The zero-order valence-electron chi connectivity index (χ0n) is 33.1. The second-order valence-electron chi connectivity index (χ2n) is 15.7. The minimum Gasteiger partial charge on any atom is -0.456 e. The molecule has 0 aliphatic carbocycles. The van der Waals surface area contributed by atoms with Crippen molar-refractivity contribution in [2.45, 2.75) is 0 Å². The van der Waals surface area contributed by atoms with Gasteiger partial charge < -0.3 is 4.42 Å². The number of benzene rings is 10. The summed E-state index contributed by atoms with van der Waals surface area (Å²) in [4.78, 5) is 10.5. The molecule has 284 valence electrons. The van der Waals surface area contributed by atoms with Crippen LogP contribution in [-0.2, 0) is 0 Å². The van der Waals surface area contributed by atoms with E-state index in [1.165, 1.54) is 43.4 Å². The number of hydrogen-bond donors (Lipinski definition) is 0. The van der Waals surface area contributed by atoms with Gasteiger partial charge in [-0.15, -0.1) is 0 Å². The summed E-state index contributed by atoms with van der Waals surface area (Å²) in [5, 5.41) is 9.73. The number of hydrogen-bond acceptors (Lipinski definition) is 3. The Kier molecular flexibility index (Phi) is 8.17. The van der Waals surface area contributed by atoms with Crippen LogP contribution in [0.15, 0.2) is 223 Å². The minimum absolute atomic E-state index is 0.682. The third kappa shape index (κ3) is 6.06. The second-order valence-corrected chi connectivity index (χ2v) is 15.7. The van der Waals surface area contributed by atoms with Crippen molar-refractivity contribution in [2.75, 3.05) is 0 Å². The number of fused-ring (bicyclic) bond motifs is 7. The molecule has 12 rings (SSSR count). The van der Waals surface area contributed by atoms with Gasteiger partial charge in [-0.05, 0) is 108 Å². The fraction of sp³-hybridized carbons (Fsp3) is 0. The van der Waals surface area contributed by atoms with Gasteiger partial charge in [0.2, 0.25) is 0 Å². The van der Waals surface area contributed by atoms with Gasteiger partial charge in [0, 0.05) is 27.5 Å². The van der Waals surface area contributed by atoms with Crippen LogP contribution >= 0.6 is 0 Å². The van der Waals surface area contributed by atoms with E-state index in [9.17, 15) is 0 Å². The quantitative estimate of drug-likeness (QED) is 0.125. The minimum atomic E-state index is 0.682. The summed E-state index contributed by atoms with van der Waals surface area (Å²) in [6.45, 7) is 0. The zero-order valence-corrected chi connectivity index (χ0v) is 33.1. The summed E-state index contributed by atoms with van der Waals surface area (Å²) in [6.07, 6.45) is 0. The smallest absolute Gasteiger partial charge is 0.160 e. The molecule has 0 aliphatic rings. The van der Waals surface area contributed by atoms with E-state index in [1.807, 2.05) is 30.3 Å². The number of nitrogens with zero attached hydrogens (tertiary/aromatic N) is 2. The zero-order chi connectivity index (χ0) is 40.3. The van der Waals surface area contributed by atoms with Crippen LogP contribution in [0.1, 0.15) is 0 Å².